The molecule has 74 valence electrons. The second-order valence-corrected chi connectivity index (χ2v) is 1.90. The molecule has 0 aliphatic heterocycles. The summed E-state index contributed by atoms with van der Waals surface area (Å²) < 4.78 is 4.98. The predicted octanol–water partition coefficient (Wildman–Crippen LogP) is 4.12. The highest BCUT2D eigenvalue weighted by Gasteiger charge is 1.72. The van der Waals surface area contributed by atoms with E-state index in [-0.39, 0.29) is 14.9 Å². The van der Waals surface area contributed by atoms with E-state index in [0.29, 0.717) is 0 Å². The van der Waals surface area contributed by atoms with Gasteiger partial charge in [-0.05, 0) is 13.3 Å². The van der Waals surface area contributed by atoms with Crippen molar-refractivity contribution in [2.75, 3.05) is 13.2 Å². The van der Waals surface area contributed by atoms with Crippen LogP contribution in [0.5, 0.6) is 0 Å². The lowest BCUT2D eigenvalue weighted by Gasteiger charge is -1.91. The molecule has 0 atom stereocenters. The molecule has 0 aromatic heterocycles. The molecule has 0 aromatic carbocycles. The summed E-state index contributed by atoms with van der Waals surface area (Å²) in [6.45, 7) is 10.1. The Morgan fingerprint density at radius 2 is 1.27 bits per heavy atom. The summed E-state index contributed by atoms with van der Waals surface area (Å²) in [4.78, 5) is 0. The van der Waals surface area contributed by atoms with Crippen LogP contribution in [0.15, 0.2) is 0 Å². The fourth-order valence-electron chi connectivity index (χ4n) is 0.289. The first-order valence-electron chi connectivity index (χ1n) is 3.91. The van der Waals surface area contributed by atoms with Crippen molar-refractivity contribution in [2.24, 2.45) is 0 Å². The van der Waals surface area contributed by atoms with Crippen LogP contribution in [-0.4, -0.2) is 13.2 Å². The fourth-order valence-corrected chi connectivity index (χ4v) is 0.289. The molecule has 0 bridgehead atoms. The van der Waals surface area contributed by atoms with Gasteiger partial charge in [0, 0.05) is 13.2 Å². The molecule has 1 heteroatoms. The highest BCUT2D eigenvalue weighted by molar-refractivity contribution is 4.19. The lowest BCUT2D eigenvalue weighted by Crippen LogP contribution is -1.88. The number of hydrogen-bond donors (Lipinski definition) is 0. The Morgan fingerprint density at radius 1 is 0.909 bits per heavy atom. The van der Waals surface area contributed by atoms with Gasteiger partial charge in [-0.15, -0.1) is 0 Å². The molecule has 0 saturated heterocycles. The van der Waals surface area contributed by atoms with E-state index in [4.69, 9.17) is 4.74 Å². The molecule has 0 unspecified atom stereocenters. The molecule has 0 amide bonds. The lowest BCUT2D eigenvalue weighted by molar-refractivity contribution is 0.148. The Hall–Kier alpha value is -0.0400. The maximum absolute atomic E-state index is 4.98. The van der Waals surface area contributed by atoms with Crippen molar-refractivity contribution in [3.05, 3.63) is 0 Å². The second-order valence-electron chi connectivity index (χ2n) is 1.90. The summed E-state index contributed by atoms with van der Waals surface area (Å²) in [6, 6.07) is 0. The molecule has 0 aliphatic rings. The van der Waals surface area contributed by atoms with Crippen molar-refractivity contribution >= 4 is 0 Å². The molecule has 0 N–H and O–H groups in total. The smallest absolute Gasteiger partial charge is 0.0463 e. The number of hydrogen-bond acceptors (Lipinski definition) is 1. The number of ether oxygens (including phenoxy) is 1. The minimum Gasteiger partial charge on any atom is -0.382 e. The van der Waals surface area contributed by atoms with Crippen molar-refractivity contribution in [2.45, 2.75) is 55.4 Å². The molecule has 0 aliphatic carbocycles. The summed E-state index contributed by atoms with van der Waals surface area (Å²) >= 11 is 0. The molecular formula is C10H28O. The minimum atomic E-state index is 0. The normalized spacial score (nSPS) is 6.55. The van der Waals surface area contributed by atoms with E-state index in [1.54, 1.807) is 0 Å². The van der Waals surface area contributed by atoms with Gasteiger partial charge in [0.05, 0.1) is 0 Å². The van der Waals surface area contributed by atoms with Crippen LogP contribution in [0.25, 0.3) is 0 Å². The largest absolute Gasteiger partial charge is 0.382 e. The standard InChI is InChI=1S/C5H12O.C3H8.2CH4/c1-3-5-6-4-2;1-3-2;;/h3-5H2,1-2H3;3H2,1-2H3;2*1H4. The summed E-state index contributed by atoms with van der Waals surface area (Å²) in [6.07, 6.45) is 2.38. The van der Waals surface area contributed by atoms with E-state index in [2.05, 4.69) is 20.8 Å². The van der Waals surface area contributed by atoms with E-state index in [1.165, 1.54) is 6.42 Å². The summed E-state index contributed by atoms with van der Waals surface area (Å²) in [5.41, 5.74) is 0. The maximum atomic E-state index is 4.98. The Kier molecular flexibility index (Phi) is 66.3. The van der Waals surface area contributed by atoms with Crippen LogP contribution in [0.3, 0.4) is 0 Å². The van der Waals surface area contributed by atoms with Crippen LogP contribution >= 0.6 is 0 Å². The molecule has 0 aromatic rings. The highest BCUT2D eigenvalue weighted by Crippen LogP contribution is 1.75. The molecule has 0 radical (unpaired) electrons. The number of rotatable bonds is 3. The van der Waals surface area contributed by atoms with E-state index < -0.39 is 0 Å². The average Bonchev–Trinajstić information content (AvgIpc) is 1.86. The highest BCUT2D eigenvalue weighted by atomic mass is 16.5. The third-order valence-electron chi connectivity index (χ3n) is 0.553. The van der Waals surface area contributed by atoms with E-state index >= 15 is 0 Å². The van der Waals surface area contributed by atoms with Gasteiger partial charge in [-0.1, -0.05) is 42.0 Å². The van der Waals surface area contributed by atoms with Crippen LogP contribution in [0, 0.1) is 0 Å². The quantitative estimate of drug-likeness (QED) is 0.570. The third-order valence-corrected chi connectivity index (χ3v) is 0.553. The van der Waals surface area contributed by atoms with Crippen LogP contribution < -0.4 is 0 Å². The fraction of sp³-hybridized carbons (Fsp3) is 1.00. The predicted molar refractivity (Wildman–Crippen MR) is 56.2 cm³/mol. The van der Waals surface area contributed by atoms with Crippen molar-refractivity contribution in [1.82, 2.24) is 0 Å². The Bertz CT molecular complexity index is 24.1. The second kappa shape index (κ2) is 32.5. The molecular weight excluding hydrogens is 136 g/mol. The van der Waals surface area contributed by atoms with Crippen molar-refractivity contribution < 1.29 is 4.74 Å². The van der Waals surface area contributed by atoms with Gasteiger partial charge < -0.3 is 4.74 Å². The van der Waals surface area contributed by atoms with Gasteiger partial charge in [0.15, 0.2) is 0 Å². The van der Waals surface area contributed by atoms with Crippen molar-refractivity contribution in [3.63, 3.8) is 0 Å². The van der Waals surface area contributed by atoms with Gasteiger partial charge >= 0.3 is 0 Å². The van der Waals surface area contributed by atoms with Gasteiger partial charge in [-0.25, -0.2) is 0 Å². The zero-order valence-electron chi connectivity index (χ0n) is 7.24. The lowest BCUT2D eigenvalue weighted by atomic mass is 10.5. The average molecular weight is 164 g/mol. The van der Waals surface area contributed by atoms with Crippen LogP contribution in [0.4, 0.5) is 0 Å². The van der Waals surface area contributed by atoms with Gasteiger partial charge in [-0.3, -0.25) is 0 Å². The minimum absolute atomic E-state index is 0. The monoisotopic (exact) mass is 164 g/mol. The Labute approximate surface area is 74.2 Å². The van der Waals surface area contributed by atoms with Crippen molar-refractivity contribution in [3.8, 4) is 0 Å². The van der Waals surface area contributed by atoms with Crippen LogP contribution in [0.2, 0.25) is 0 Å². The van der Waals surface area contributed by atoms with Gasteiger partial charge in [0.1, 0.15) is 0 Å². The van der Waals surface area contributed by atoms with Gasteiger partial charge in [0.2, 0.25) is 0 Å². The van der Waals surface area contributed by atoms with Gasteiger partial charge in [-0.2, -0.15) is 0 Å². The first kappa shape index (κ1) is 22.4. The maximum Gasteiger partial charge on any atom is 0.0463 e. The van der Waals surface area contributed by atoms with Gasteiger partial charge in [0.25, 0.3) is 0 Å². The molecule has 0 saturated carbocycles. The molecule has 0 rings (SSSR count). The summed E-state index contributed by atoms with van der Waals surface area (Å²) in [5.74, 6) is 0. The topological polar surface area (TPSA) is 9.23 Å². The first-order valence-corrected chi connectivity index (χ1v) is 3.91. The summed E-state index contributed by atoms with van der Waals surface area (Å²) in [7, 11) is 0. The van der Waals surface area contributed by atoms with E-state index in [1.807, 2.05) is 6.92 Å². The zero-order chi connectivity index (χ0) is 7.54. The van der Waals surface area contributed by atoms with Crippen molar-refractivity contribution in [1.29, 1.82) is 0 Å². The molecule has 11 heavy (non-hydrogen) atoms. The van der Waals surface area contributed by atoms with Crippen LogP contribution in [-0.2, 0) is 4.74 Å². The van der Waals surface area contributed by atoms with E-state index in [0.717, 1.165) is 19.6 Å². The molecule has 1 nitrogen and oxygen atoms in total. The Balaban J connectivity index is -0.0000000437. The molecule has 0 fully saturated rings. The molecule has 0 spiro atoms. The van der Waals surface area contributed by atoms with Crippen LogP contribution in [0.1, 0.15) is 55.4 Å². The summed E-state index contributed by atoms with van der Waals surface area (Å²) in [5, 5.41) is 0. The molecule has 0 heterocycles. The SMILES string of the molecule is C.C.CCC.CCCOCC. The zero-order valence-corrected chi connectivity index (χ0v) is 7.24. The first-order chi connectivity index (χ1) is 4.33. The Morgan fingerprint density at radius 3 is 1.36 bits per heavy atom. The van der Waals surface area contributed by atoms with E-state index in [9.17, 15) is 0 Å². The third kappa shape index (κ3) is 72.0.